The van der Waals surface area contributed by atoms with E-state index in [1.165, 1.54) is 24.2 Å². The van der Waals surface area contributed by atoms with Gasteiger partial charge in [-0.2, -0.15) is 5.26 Å². The van der Waals surface area contributed by atoms with Gasteiger partial charge >= 0.3 is 0 Å². The largest absolute Gasteiger partial charge is 0.375 e. The zero-order chi connectivity index (χ0) is 9.26. The number of anilines is 2. The van der Waals surface area contributed by atoms with Crippen LogP contribution in [0.5, 0.6) is 0 Å². The number of nitrogens with two attached hydrogens (primary N) is 1. The second-order valence-electron chi connectivity index (χ2n) is 3.01. The van der Waals surface area contributed by atoms with Crippen LogP contribution in [0.15, 0.2) is 0 Å². The number of nitriles is 1. The quantitative estimate of drug-likeness (QED) is 0.729. The molecule has 0 aromatic carbocycles. The fourth-order valence-corrected chi connectivity index (χ4v) is 2.20. The van der Waals surface area contributed by atoms with E-state index in [4.69, 9.17) is 11.0 Å². The van der Waals surface area contributed by atoms with Crippen molar-refractivity contribution in [3.63, 3.8) is 0 Å². The number of aromatic nitrogens is 1. The van der Waals surface area contributed by atoms with E-state index < -0.39 is 0 Å². The Morgan fingerprint density at radius 3 is 2.77 bits per heavy atom. The summed E-state index contributed by atoms with van der Waals surface area (Å²) < 4.78 is 0. The van der Waals surface area contributed by atoms with Crippen molar-refractivity contribution in [3.05, 3.63) is 4.88 Å². The van der Waals surface area contributed by atoms with E-state index in [9.17, 15) is 0 Å². The summed E-state index contributed by atoms with van der Waals surface area (Å²) in [6.45, 7) is 2.00. The molecule has 2 N–H and O–H groups in total. The molecule has 1 aliphatic heterocycles. The molecule has 0 aliphatic carbocycles. The topological polar surface area (TPSA) is 65.9 Å². The number of rotatable bonds is 1. The van der Waals surface area contributed by atoms with E-state index >= 15 is 0 Å². The highest BCUT2D eigenvalue weighted by atomic mass is 32.1. The highest BCUT2D eigenvalue weighted by Gasteiger charge is 2.19. The van der Waals surface area contributed by atoms with Crippen molar-refractivity contribution < 1.29 is 0 Å². The molecule has 4 nitrogen and oxygen atoms in total. The molecule has 1 aromatic heterocycles. The summed E-state index contributed by atoms with van der Waals surface area (Å²) in [6, 6.07) is 2.13. The Labute approximate surface area is 80.6 Å². The molecule has 1 saturated heterocycles. The first-order valence-electron chi connectivity index (χ1n) is 4.22. The maximum absolute atomic E-state index is 8.83. The summed E-state index contributed by atoms with van der Waals surface area (Å²) in [5, 5.41) is 9.31. The molecule has 0 spiro atoms. The lowest BCUT2D eigenvalue weighted by atomic mass is 10.4. The van der Waals surface area contributed by atoms with Crippen LogP contribution in [-0.2, 0) is 0 Å². The van der Waals surface area contributed by atoms with Gasteiger partial charge in [-0.15, -0.1) is 0 Å². The summed E-state index contributed by atoms with van der Waals surface area (Å²) in [5.41, 5.74) is 5.55. The smallest absolute Gasteiger partial charge is 0.183 e. The maximum Gasteiger partial charge on any atom is 0.183 e. The van der Waals surface area contributed by atoms with Gasteiger partial charge < -0.3 is 10.6 Å². The third-order valence-corrected chi connectivity index (χ3v) is 2.91. The second kappa shape index (κ2) is 3.23. The van der Waals surface area contributed by atoms with Crippen molar-refractivity contribution in [2.75, 3.05) is 23.7 Å². The lowest BCUT2D eigenvalue weighted by Crippen LogP contribution is -2.18. The van der Waals surface area contributed by atoms with E-state index in [1.54, 1.807) is 0 Å². The zero-order valence-electron chi connectivity index (χ0n) is 7.16. The molecule has 0 saturated carbocycles. The van der Waals surface area contributed by atoms with Crippen LogP contribution in [0.25, 0.3) is 0 Å². The fourth-order valence-electron chi connectivity index (χ4n) is 1.54. The normalized spacial score (nSPS) is 16.1. The third-order valence-electron chi connectivity index (χ3n) is 2.13. The van der Waals surface area contributed by atoms with Gasteiger partial charge in [0.15, 0.2) is 15.8 Å². The maximum atomic E-state index is 8.83. The molecule has 1 aromatic rings. The molecule has 0 unspecified atom stereocenters. The van der Waals surface area contributed by atoms with Crippen LogP contribution >= 0.6 is 11.3 Å². The molecule has 0 radical (unpaired) electrons. The number of nitrogen functional groups attached to an aromatic ring is 1. The second-order valence-corrected chi connectivity index (χ2v) is 4.04. The van der Waals surface area contributed by atoms with E-state index in [-0.39, 0.29) is 0 Å². The molecule has 5 heteroatoms. The van der Waals surface area contributed by atoms with Crippen LogP contribution < -0.4 is 10.6 Å². The Morgan fingerprint density at radius 2 is 2.15 bits per heavy atom. The third kappa shape index (κ3) is 1.45. The van der Waals surface area contributed by atoms with Gasteiger partial charge in [0.2, 0.25) is 0 Å². The Hall–Kier alpha value is -1.28. The summed E-state index contributed by atoms with van der Waals surface area (Å²) in [6.07, 6.45) is 2.37. The van der Waals surface area contributed by atoms with E-state index in [0.717, 1.165) is 18.9 Å². The lowest BCUT2D eigenvalue weighted by Gasteiger charge is -2.13. The lowest BCUT2D eigenvalue weighted by molar-refractivity contribution is 0.945. The van der Waals surface area contributed by atoms with E-state index in [1.807, 2.05) is 0 Å². The standard InChI is InChI=1S/C8H10N4S/c9-5-6-7(11-8(10)13-6)12-3-1-2-4-12/h1-4H2,(H2,10,11). The van der Waals surface area contributed by atoms with Gasteiger partial charge in [0.25, 0.3) is 0 Å². The van der Waals surface area contributed by atoms with Gasteiger partial charge in [0.05, 0.1) is 0 Å². The van der Waals surface area contributed by atoms with Gasteiger partial charge in [-0.05, 0) is 12.8 Å². The first kappa shape index (κ1) is 8.32. The molecule has 68 valence electrons. The molecule has 0 atom stereocenters. The monoisotopic (exact) mass is 194 g/mol. The minimum absolute atomic E-state index is 0.485. The van der Waals surface area contributed by atoms with Crippen molar-refractivity contribution in [2.45, 2.75) is 12.8 Å². The Bertz CT molecular complexity index is 346. The number of nitrogens with zero attached hydrogens (tertiary/aromatic N) is 3. The molecule has 0 amide bonds. The van der Waals surface area contributed by atoms with Crippen molar-refractivity contribution in [1.29, 1.82) is 5.26 Å². The van der Waals surface area contributed by atoms with Gasteiger partial charge in [-0.3, -0.25) is 0 Å². The number of thiazole rings is 1. The minimum atomic E-state index is 0.485. The summed E-state index contributed by atoms with van der Waals surface area (Å²) in [7, 11) is 0. The summed E-state index contributed by atoms with van der Waals surface area (Å²) >= 11 is 1.27. The van der Waals surface area contributed by atoms with Crippen molar-refractivity contribution in [2.24, 2.45) is 0 Å². The highest BCUT2D eigenvalue weighted by Crippen LogP contribution is 2.29. The number of hydrogen-bond acceptors (Lipinski definition) is 5. The highest BCUT2D eigenvalue weighted by molar-refractivity contribution is 7.16. The van der Waals surface area contributed by atoms with E-state index in [0.29, 0.717) is 10.0 Å². The Morgan fingerprint density at radius 1 is 1.46 bits per heavy atom. The number of hydrogen-bond donors (Lipinski definition) is 1. The van der Waals surface area contributed by atoms with Crippen LogP contribution in [0.3, 0.4) is 0 Å². The minimum Gasteiger partial charge on any atom is -0.375 e. The molecular weight excluding hydrogens is 184 g/mol. The fraction of sp³-hybridized carbons (Fsp3) is 0.500. The predicted molar refractivity (Wildman–Crippen MR) is 52.7 cm³/mol. The Kier molecular flexibility index (Phi) is 2.07. The molecule has 2 rings (SSSR count). The van der Waals surface area contributed by atoms with Gasteiger partial charge in [0.1, 0.15) is 6.07 Å². The van der Waals surface area contributed by atoms with Crippen LogP contribution in [-0.4, -0.2) is 18.1 Å². The molecule has 2 heterocycles. The summed E-state index contributed by atoms with van der Waals surface area (Å²) in [5.74, 6) is 0.780. The van der Waals surface area contributed by atoms with Crippen molar-refractivity contribution in [1.82, 2.24) is 4.98 Å². The van der Waals surface area contributed by atoms with Crippen LogP contribution in [0.4, 0.5) is 10.9 Å². The molecule has 13 heavy (non-hydrogen) atoms. The molecule has 0 bridgehead atoms. The van der Waals surface area contributed by atoms with Gasteiger partial charge in [-0.1, -0.05) is 11.3 Å². The van der Waals surface area contributed by atoms with E-state index in [2.05, 4.69) is 16.0 Å². The van der Waals surface area contributed by atoms with Crippen molar-refractivity contribution >= 4 is 22.3 Å². The Balaban J connectivity index is 2.33. The van der Waals surface area contributed by atoms with Crippen molar-refractivity contribution in [3.8, 4) is 6.07 Å². The van der Waals surface area contributed by atoms with Gasteiger partial charge in [0, 0.05) is 13.1 Å². The SMILES string of the molecule is N#Cc1sc(N)nc1N1CCCC1. The molecule has 1 fully saturated rings. The average Bonchev–Trinajstić information content (AvgIpc) is 2.71. The molecular formula is C8H10N4S. The average molecular weight is 194 g/mol. The zero-order valence-corrected chi connectivity index (χ0v) is 7.97. The first-order valence-corrected chi connectivity index (χ1v) is 5.04. The van der Waals surface area contributed by atoms with Crippen LogP contribution in [0, 0.1) is 11.3 Å². The van der Waals surface area contributed by atoms with Crippen LogP contribution in [0.1, 0.15) is 17.7 Å². The first-order chi connectivity index (χ1) is 6.31. The van der Waals surface area contributed by atoms with Gasteiger partial charge in [-0.25, -0.2) is 4.98 Å². The van der Waals surface area contributed by atoms with Crippen LogP contribution in [0.2, 0.25) is 0 Å². The molecule has 1 aliphatic rings. The predicted octanol–water partition coefficient (Wildman–Crippen LogP) is 1.20. The summed E-state index contributed by atoms with van der Waals surface area (Å²) in [4.78, 5) is 6.93.